The van der Waals surface area contributed by atoms with Crippen LogP contribution >= 0.6 is 22.6 Å². The van der Waals surface area contributed by atoms with Crippen LogP contribution < -0.4 is 5.32 Å². The summed E-state index contributed by atoms with van der Waals surface area (Å²) in [6.07, 6.45) is 0.949. The summed E-state index contributed by atoms with van der Waals surface area (Å²) in [7, 11) is 0. The molecular weight excluding hydrogens is 277 g/mol. The van der Waals surface area contributed by atoms with E-state index in [4.69, 9.17) is 5.11 Å². The SMILES string of the molecule is OC[C@@H]1Cc2c(I)cccc2CN1. The predicted octanol–water partition coefficient (Wildman–Crippen LogP) is 1.30. The van der Waals surface area contributed by atoms with Gasteiger partial charge in [0.15, 0.2) is 0 Å². The van der Waals surface area contributed by atoms with Gasteiger partial charge in [0.1, 0.15) is 0 Å². The van der Waals surface area contributed by atoms with E-state index >= 15 is 0 Å². The van der Waals surface area contributed by atoms with Crippen LogP contribution in [0.3, 0.4) is 0 Å². The fourth-order valence-electron chi connectivity index (χ4n) is 1.70. The van der Waals surface area contributed by atoms with Gasteiger partial charge in [0.2, 0.25) is 0 Å². The van der Waals surface area contributed by atoms with Crippen molar-refractivity contribution in [3.8, 4) is 0 Å². The molecule has 0 saturated carbocycles. The van der Waals surface area contributed by atoms with Crippen molar-refractivity contribution in [1.29, 1.82) is 0 Å². The molecule has 3 heteroatoms. The van der Waals surface area contributed by atoms with E-state index < -0.39 is 0 Å². The predicted molar refractivity (Wildman–Crippen MR) is 60.6 cm³/mol. The van der Waals surface area contributed by atoms with Crippen LogP contribution in [-0.2, 0) is 13.0 Å². The Hall–Kier alpha value is -0.130. The number of hydrogen-bond donors (Lipinski definition) is 2. The number of fused-ring (bicyclic) bond motifs is 1. The summed E-state index contributed by atoms with van der Waals surface area (Å²) in [4.78, 5) is 0. The maximum Gasteiger partial charge on any atom is 0.0587 e. The summed E-state index contributed by atoms with van der Waals surface area (Å²) in [5.41, 5.74) is 2.78. The Balaban J connectivity index is 2.32. The molecule has 2 N–H and O–H groups in total. The summed E-state index contributed by atoms with van der Waals surface area (Å²) in [6.45, 7) is 1.11. The lowest BCUT2D eigenvalue weighted by Crippen LogP contribution is -2.38. The molecule has 1 aliphatic rings. The Morgan fingerprint density at radius 2 is 2.38 bits per heavy atom. The topological polar surface area (TPSA) is 32.3 Å². The number of aliphatic hydroxyl groups excluding tert-OH is 1. The van der Waals surface area contributed by atoms with Crippen molar-refractivity contribution in [2.75, 3.05) is 6.61 Å². The molecule has 2 nitrogen and oxygen atoms in total. The molecule has 1 atom stereocenters. The van der Waals surface area contributed by atoms with Crippen molar-refractivity contribution in [3.63, 3.8) is 0 Å². The molecule has 0 aliphatic carbocycles. The third kappa shape index (κ3) is 1.87. The fourth-order valence-corrected chi connectivity index (χ4v) is 2.47. The average molecular weight is 289 g/mol. The van der Waals surface area contributed by atoms with Gasteiger partial charge in [0.25, 0.3) is 0 Å². The summed E-state index contributed by atoms with van der Waals surface area (Å²) in [5.74, 6) is 0. The maximum absolute atomic E-state index is 9.04. The quantitative estimate of drug-likeness (QED) is 0.764. The molecule has 0 unspecified atom stereocenters. The van der Waals surface area contributed by atoms with Crippen molar-refractivity contribution >= 4 is 22.6 Å². The number of nitrogens with one attached hydrogen (secondary N) is 1. The first-order valence-electron chi connectivity index (χ1n) is 4.42. The molecule has 13 heavy (non-hydrogen) atoms. The molecule has 2 rings (SSSR count). The Bertz CT molecular complexity index is 314. The smallest absolute Gasteiger partial charge is 0.0587 e. The molecule has 1 aromatic rings. The van der Waals surface area contributed by atoms with E-state index in [0.717, 1.165) is 13.0 Å². The molecule has 1 aromatic carbocycles. The van der Waals surface area contributed by atoms with Gasteiger partial charge in [-0.3, -0.25) is 0 Å². The minimum absolute atomic E-state index is 0.227. The molecule has 0 fully saturated rings. The molecule has 0 amide bonds. The van der Waals surface area contributed by atoms with Gasteiger partial charge in [-0.15, -0.1) is 0 Å². The lowest BCUT2D eigenvalue weighted by atomic mass is 9.96. The Morgan fingerprint density at radius 1 is 1.54 bits per heavy atom. The molecule has 0 spiro atoms. The number of aliphatic hydroxyl groups is 1. The van der Waals surface area contributed by atoms with E-state index in [1.807, 2.05) is 0 Å². The van der Waals surface area contributed by atoms with Gasteiger partial charge < -0.3 is 10.4 Å². The monoisotopic (exact) mass is 289 g/mol. The fraction of sp³-hybridized carbons (Fsp3) is 0.400. The lowest BCUT2D eigenvalue weighted by molar-refractivity contribution is 0.235. The molecule has 1 heterocycles. The highest BCUT2D eigenvalue weighted by Gasteiger charge is 2.18. The maximum atomic E-state index is 9.04. The second-order valence-corrected chi connectivity index (χ2v) is 4.50. The first kappa shape index (κ1) is 9.43. The van der Waals surface area contributed by atoms with Gasteiger partial charge in [-0.05, 0) is 46.2 Å². The van der Waals surface area contributed by atoms with Crippen molar-refractivity contribution in [2.45, 2.75) is 19.0 Å². The third-order valence-electron chi connectivity index (χ3n) is 2.47. The van der Waals surface area contributed by atoms with E-state index in [2.05, 4.69) is 46.1 Å². The summed E-state index contributed by atoms with van der Waals surface area (Å²) >= 11 is 2.36. The zero-order chi connectivity index (χ0) is 9.26. The molecule has 0 aromatic heterocycles. The van der Waals surface area contributed by atoms with Crippen LogP contribution in [0.2, 0.25) is 0 Å². The van der Waals surface area contributed by atoms with Crippen LogP contribution in [0.5, 0.6) is 0 Å². The minimum atomic E-state index is 0.227. The molecule has 0 bridgehead atoms. The van der Waals surface area contributed by atoms with Crippen LogP contribution in [0.15, 0.2) is 18.2 Å². The van der Waals surface area contributed by atoms with Crippen LogP contribution in [0.25, 0.3) is 0 Å². The van der Waals surface area contributed by atoms with Gasteiger partial charge >= 0.3 is 0 Å². The normalized spacial score (nSPS) is 21.2. The second kappa shape index (κ2) is 3.94. The van der Waals surface area contributed by atoms with Crippen LogP contribution in [-0.4, -0.2) is 17.8 Å². The van der Waals surface area contributed by atoms with E-state index in [9.17, 15) is 0 Å². The van der Waals surface area contributed by atoms with Crippen LogP contribution in [0.1, 0.15) is 11.1 Å². The van der Waals surface area contributed by atoms with Gasteiger partial charge in [-0.25, -0.2) is 0 Å². The number of hydrogen-bond acceptors (Lipinski definition) is 2. The van der Waals surface area contributed by atoms with E-state index in [0.29, 0.717) is 0 Å². The zero-order valence-electron chi connectivity index (χ0n) is 7.26. The Morgan fingerprint density at radius 3 is 3.15 bits per heavy atom. The van der Waals surface area contributed by atoms with Crippen molar-refractivity contribution in [2.24, 2.45) is 0 Å². The lowest BCUT2D eigenvalue weighted by Gasteiger charge is -2.25. The molecule has 0 radical (unpaired) electrons. The second-order valence-electron chi connectivity index (χ2n) is 3.34. The highest BCUT2D eigenvalue weighted by Crippen LogP contribution is 2.22. The van der Waals surface area contributed by atoms with Crippen LogP contribution in [0.4, 0.5) is 0 Å². The minimum Gasteiger partial charge on any atom is -0.395 e. The first-order valence-corrected chi connectivity index (χ1v) is 5.49. The van der Waals surface area contributed by atoms with E-state index in [-0.39, 0.29) is 12.6 Å². The highest BCUT2D eigenvalue weighted by molar-refractivity contribution is 14.1. The van der Waals surface area contributed by atoms with Crippen molar-refractivity contribution in [3.05, 3.63) is 32.9 Å². The summed E-state index contributed by atoms with van der Waals surface area (Å²) in [6, 6.07) is 6.60. The summed E-state index contributed by atoms with van der Waals surface area (Å²) < 4.78 is 1.31. The van der Waals surface area contributed by atoms with Crippen molar-refractivity contribution in [1.82, 2.24) is 5.32 Å². The standard InChI is InChI=1S/C10H12INO/c11-10-3-1-2-7-5-12-8(6-13)4-9(7)10/h1-3,8,12-13H,4-6H2/t8-/m0/s1. The first-order chi connectivity index (χ1) is 6.31. The Labute approximate surface area is 91.5 Å². The molecule has 0 saturated heterocycles. The highest BCUT2D eigenvalue weighted by atomic mass is 127. The zero-order valence-corrected chi connectivity index (χ0v) is 9.41. The van der Waals surface area contributed by atoms with E-state index in [1.165, 1.54) is 14.7 Å². The Kier molecular flexibility index (Phi) is 2.86. The molecular formula is C10H12INO. The van der Waals surface area contributed by atoms with Gasteiger partial charge in [-0.2, -0.15) is 0 Å². The number of halogens is 1. The third-order valence-corrected chi connectivity index (χ3v) is 3.48. The van der Waals surface area contributed by atoms with Crippen LogP contribution in [0, 0.1) is 3.57 Å². The van der Waals surface area contributed by atoms with E-state index in [1.54, 1.807) is 0 Å². The number of rotatable bonds is 1. The summed E-state index contributed by atoms with van der Waals surface area (Å²) in [5, 5.41) is 12.3. The number of benzene rings is 1. The van der Waals surface area contributed by atoms with Gasteiger partial charge in [0.05, 0.1) is 6.61 Å². The van der Waals surface area contributed by atoms with Crippen molar-refractivity contribution < 1.29 is 5.11 Å². The largest absolute Gasteiger partial charge is 0.395 e. The van der Waals surface area contributed by atoms with Gasteiger partial charge in [0, 0.05) is 16.2 Å². The molecule has 1 aliphatic heterocycles. The van der Waals surface area contributed by atoms with Gasteiger partial charge in [-0.1, -0.05) is 12.1 Å². The average Bonchev–Trinajstić information content (AvgIpc) is 2.18. The molecule has 70 valence electrons.